The first-order valence-corrected chi connectivity index (χ1v) is 12.7. The minimum atomic E-state index is -0.981. The van der Waals surface area contributed by atoms with Crippen LogP contribution in [0, 0.1) is 20.2 Å². The van der Waals surface area contributed by atoms with Crippen molar-refractivity contribution in [1.82, 2.24) is 15.5 Å². The molecule has 3 amide bonds. The van der Waals surface area contributed by atoms with Crippen LogP contribution in [0.2, 0.25) is 0 Å². The van der Waals surface area contributed by atoms with Crippen LogP contribution in [0.1, 0.15) is 17.5 Å². The molecule has 0 bridgehead atoms. The van der Waals surface area contributed by atoms with E-state index in [9.17, 15) is 34.6 Å². The fourth-order valence-electron chi connectivity index (χ4n) is 3.73. The molecule has 1 aliphatic rings. The van der Waals surface area contributed by atoms with Crippen LogP contribution in [0.25, 0.3) is 0 Å². The molecule has 4 N–H and O–H groups in total. The van der Waals surface area contributed by atoms with Gasteiger partial charge in [0.05, 0.1) is 9.85 Å². The molecule has 2 atom stereocenters. The average Bonchev–Trinajstić information content (AvgIpc) is 3.35. The van der Waals surface area contributed by atoms with E-state index in [1.54, 1.807) is 0 Å². The van der Waals surface area contributed by atoms with E-state index in [2.05, 4.69) is 28.3 Å². The van der Waals surface area contributed by atoms with E-state index in [4.69, 9.17) is 15.2 Å². The molecular weight excluding hydrogens is 562 g/mol. The Hall–Kier alpha value is -4.93. The lowest BCUT2D eigenvalue weighted by Gasteiger charge is -2.23. The first kappa shape index (κ1) is 30.6. The van der Waals surface area contributed by atoms with Gasteiger partial charge >= 0.3 is 12.2 Å². The number of hydrogen-bond acceptors (Lipinski definition) is 10. The molecule has 0 aromatic heterocycles. The molecule has 17 heteroatoms. The molecule has 0 radical (unpaired) electrons. The van der Waals surface area contributed by atoms with Crippen LogP contribution in [0.15, 0.2) is 53.5 Å². The highest BCUT2D eigenvalue weighted by Crippen LogP contribution is 2.23. The molecule has 0 spiro atoms. The fraction of sp³-hybridized carbons (Fsp3) is 0.333. The van der Waals surface area contributed by atoms with Crippen molar-refractivity contribution in [2.75, 3.05) is 19.6 Å². The summed E-state index contributed by atoms with van der Waals surface area (Å²) in [6, 6.07) is 10.2. The summed E-state index contributed by atoms with van der Waals surface area (Å²) in [6.45, 7) is 0.104. The zero-order chi connectivity index (χ0) is 29.9. The summed E-state index contributed by atoms with van der Waals surface area (Å²) in [5, 5.41) is 26.5. The second-order valence-electron chi connectivity index (χ2n) is 8.73. The van der Waals surface area contributed by atoms with Gasteiger partial charge in [0.15, 0.2) is 5.96 Å². The number of guanidine groups is 1. The molecule has 218 valence electrons. The zero-order valence-electron chi connectivity index (χ0n) is 21.5. The average molecular weight is 590 g/mol. The smallest absolute Gasteiger partial charge is 0.437 e. The van der Waals surface area contributed by atoms with Crippen LogP contribution in [0.3, 0.4) is 0 Å². The van der Waals surface area contributed by atoms with E-state index in [1.165, 1.54) is 53.4 Å². The number of likely N-dealkylation sites (tertiary alicyclic amines) is 1. The van der Waals surface area contributed by atoms with Gasteiger partial charge < -0.3 is 25.8 Å². The van der Waals surface area contributed by atoms with Gasteiger partial charge in [0.25, 0.3) is 11.4 Å². The van der Waals surface area contributed by atoms with Crippen molar-refractivity contribution in [3.63, 3.8) is 0 Å². The number of hydrogen-bond donors (Lipinski definition) is 4. The largest absolute Gasteiger partial charge is 0.445 e. The Balaban J connectivity index is 1.39. The molecule has 1 fully saturated rings. The molecule has 16 nitrogen and oxygen atoms in total. The molecule has 1 heterocycles. The lowest BCUT2D eigenvalue weighted by molar-refractivity contribution is -0.385. The Morgan fingerprint density at radius 3 is 1.98 bits per heavy atom. The number of nitrogens with one attached hydrogen (secondary N) is 2. The molecule has 2 aromatic rings. The molecule has 1 aliphatic heterocycles. The highest BCUT2D eigenvalue weighted by Gasteiger charge is 2.39. The summed E-state index contributed by atoms with van der Waals surface area (Å²) >= 11 is 4.38. The van der Waals surface area contributed by atoms with E-state index in [0.29, 0.717) is 17.5 Å². The Morgan fingerprint density at radius 1 is 0.927 bits per heavy atom. The summed E-state index contributed by atoms with van der Waals surface area (Å²) in [7, 11) is 0. The molecule has 1 saturated heterocycles. The first-order valence-electron chi connectivity index (χ1n) is 12.1. The van der Waals surface area contributed by atoms with Gasteiger partial charge in [-0.15, -0.1) is 4.99 Å². The number of benzene rings is 2. The summed E-state index contributed by atoms with van der Waals surface area (Å²) in [5.74, 6) is -0.686. The number of nitro groups is 2. The maximum atomic E-state index is 12.7. The Morgan fingerprint density at radius 2 is 1.44 bits per heavy atom. The van der Waals surface area contributed by atoms with E-state index < -0.39 is 34.0 Å². The molecule has 41 heavy (non-hydrogen) atoms. The second kappa shape index (κ2) is 14.5. The van der Waals surface area contributed by atoms with Gasteiger partial charge in [-0.3, -0.25) is 29.9 Å². The quantitative estimate of drug-likeness (QED) is 0.0782. The van der Waals surface area contributed by atoms with Crippen molar-refractivity contribution in [2.45, 2.75) is 30.9 Å². The van der Waals surface area contributed by atoms with Crippen molar-refractivity contribution in [1.29, 1.82) is 0 Å². The van der Waals surface area contributed by atoms with Crippen molar-refractivity contribution < 1.29 is 33.7 Å². The third kappa shape index (κ3) is 9.34. The minimum absolute atomic E-state index is 0.0867. The summed E-state index contributed by atoms with van der Waals surface area (Å²) < 4.78 is 10.2. The number of thiol groups is 1. The molecule has 2 aromatic carbocycles. The van der Waals surface area contributed by atoms with Crippen molar-refractivity contribution in [3.8, 4) is 0 Å². The van der Waals surface area contributed by atoms with Crippen molar-refractivity contribution >= 4 is 48.1 Å². The molecule has 3 rings (SSSR count). The van der Waals surface area contributed by atoms with Gasteiger partial charge in [0, 0.05) is 49.1 Å². The van der Waals surface area contributed by atoms with Gasteiger partial charge in [0.1, 0.15) is 19.3 Å². The zero-order valence-corrected chi connectivity index (χ0v) is 22.4. The molecule has 0 aliphatic carbocycles. The number of nitrogens with two attached hydrogens (primary N) is 1. The van der Waals surface area contributed by atoms with E-state index in [-0.39, 0.29) is 55.4 Å². The van der Waals surface area contributed by atoms with E-state index >= 15 is 0 Å². The van der Waals surface area contributed by atoms with E-state index in [1.807, 2.05) is 0 Å². The predicted octanol–water partition coefficient (Wildman–Crippen LogP) is 1.87. The number of carbonyl (C=O) groups excluding carboxylic acids is 3. The fourth-order valence-corrected chi connectivity index (χ4v) is 4.10. The molecule has 0 unspecified atom stereocenters. The van der Waals surface area contributed by atoms with Crippen LogP contribution in [-0.2, 0) is 27.5 Å². The highest BCUT2D eigenvalue weighted by atomic mass is 32.1. The Bertz CT molecular complexity index is 1310. The van der Waals surface area contributed by atoms with E-state index in [0.717, 1.165) is 0 Å². The number of non-ortho nitro benzene ring substituents is 2. The highest BCUT2D eigenvalue weighted by molar-refractivity contribution is 7.81. The number of amides is 3. The topological polar surface area (TPSA) is 222 Å². The standard InChI is InChI=1S/C24H27N7O9S/c25-22(28-23(33)39-13-15-1-5-17(6-2-15)30(35)36)27-10-9-26-21(32)20-11-19(41)12-29(20)24(34)40-14-16-3-7-18(8-4-16)31(37)38/h1-8,19-20,41H,9-14H2,(H,26,32)(H3,25,27,28,33)/t19-,20-/m0/s1. The van der Waals surface area contributed by atoms with Gasteiger partial charge in [0.2, 0.25) is 5.91 Å². The number of carbonyl (C=O) groups is 3. The molecular formula is C24H27N7O9S. The van der Waals surface area contributed by atoms with Crippen LogP contribution in [-0.4, -0.2) is 69.7 Å². The number of nitro benzene ring substituents is 2. The summed E-state index contributed by atoms with van der Waals surface area (Å²) in [5.41, 5.74) is 6.55. The van der Waals surface area contributed by atoms with Gasteiger partial charge in [-0.1, -0.05) is 0 Å². The maximum Gasteiger partial charge on any atom is 0.437 e. The van der Waals surface area contributed by atoms with Crippen LogP contribution in [0.4, 0.5) is 21.0 Å². The lowest BCUT2D eigenvalue weighted by atomic mass is 10.2. The van der Waals surface area contributed by atoms with Crippen LogP contribution >= 0.6 is 12.6 Å². The summed E-state index contributed by atoms with van der Waals surface area (Å²) in [4.78, 5) is 62.3. The number of rotatable bonds is 10. The first-order chi connectivity index (χ1) is 19.5. The summed E-state index contributed by atoms with van der Waals surface area (Å²) in [6.07, 6.45) is -1.40. The SMILES string of the molecule is NC(=NC(=O)OCc1ccc([N+](=O)[O-])cc1)NCCNC(=O)[C@@H]1C[C@H](S)CN1C(=O)OCc1ccc([N+](=O)[O-])cc1. The number of aliphatic imine (C=N–C) groups is 1. The minimum Gasteiger partial charge on any atom is -0.445 e. The lowest BCUT2D eigenvalue weighted by Crippen LogP contribution is -2.48. The third-order valence-electron chi connectivity index (χ3n) is 5.78. The number of ether oxygens (including phenoxy) is 2. The van der Waals surface area contributed by atoms with Crippen molar-refractivity contribution in [2.24, 2.45) is 10.7 Å². The maximum absolute atomic E-state index is 12.7. The van der Waals surface area contributed by atoms with Crippen LogP contribution < -0.4 is 16.4 Å². The van der Waals surface area contributed by atoms with Gasteiger partial charge in [-0.05, 0) is 41.8 Å². The van der Waals surface area contributed by atoms with Crippen molar-refractivity contribution in [3.05, 3.63) is 79.9 Å². The van der Waals surface area contributed by atoms with Gasteiger partial charge in [-0.2, -0.15) is 12.6 Å². The normalized spacial score (nSPS) is 16.5. The van der Waals surface area contributed by atoms with Gasteiger partial charge in [-0.25, -0.2) is 9.59 Å². The Kier molecular flexibility index (Phi) is 10.8. The molecule has 0 saturated carbocycles. The monoisotopic (exact) mass is 589 g/mol. The third-order valence-corrected chi connectivity index (χ3v) is 6.15. The second-order valence-corrected chi connectivity index (χ2v) is 9.46. The Labute approximate surface area is 238 Å². The number of nitrogens with zero attached hydrogens (tertiary/aromatic N) is 4. The predicted molar refractivity (Wildman–Crippen MR) is 147 cm³/mol. The van der Waals surface area contributed by atoms with Crippen LogP contribution in [0.5, 0.6) is 0 Å².